The Balaban J connectivity index is 3.12. The Kier molecular flexibility index (Phi) is 4.52. The molecule has 0 saturated carbocycles. The SMILES string of the molecule is CN(C)C(=O)C(C#N)=Cc1ccc(O)c(I)c1. The number of halogens is 1. The number of likely N-dealkylation sites (N-methyl/N-ethyl adjacent to an activating group) is 1. The van der Waals surface area contributed by atoms with Gasteiger partial charge in [0.25, 0.3) is 5.91 Å². The normalized spacial score (nSPS) is 10.8. The number of carbonyl (C=O) groups is 1. The van der Waals surface area contributed by atoms with Crippen LogP contribution in [-0.2, 0) is 4.79 Å². The van der Waals surface area contributed by atoms with E-state index in [9.17, 15) is 9.90 Å². The van der Waals surface area contributed by atoms with Crippen LogP contribution in [-0.4, -0.2) is 30.0 Å². The minimum absolute atomic E-state index is 0.0662. The number of nitrogens with zero attached hydrogens (tertiary/aromatic N) is 2. The van der Waals surface area contributed by atoms with Gasteiger partial charge in [0.05, 0.1) is 3.57 Å². The lowest BCUT2D eigenvalue weighted by Crippen LogP contribution is -2.22. The molecular formula is C12H11IN2O2. The third-order valence-corrected chi connectivity index (χ3v) is 2.90. The van der Waals surface area contributed by atoms with Gasteiger partial charge in [0.2, 0.25) is 0 Å². The number of hydrogen-bond acceptors (Lipinski definition) is 3. The summed E-state index contributed by atoms with van der Waals surface area (Å²) in [7, 11) is 3.18. The van der Waals surface area contributed by atoms with Crippen molar-refractivity contribution in [1.29, 1.82) is 5.26 Å². The fraction of sp³-hybridized carbons (Fsp3) is 0.167. The van der Waals surface area contributed by atoms with E-state index in [0.29, 0.717) is 9.13 Å². The van der Waals surface area contributed by atoms with Crippen molar-refractivity contribution in [3.8, 4) is 11.8 Å². The lowest BCUT2D eigenvalue weighted by Gasteiger charge is -2.08. The minimum Gasteiger partial charge on any atom is -0.507 e. The van der Waals surface area contributed by atoms with Crippen LogP contribution in [0, 0.1) is 14.9 Å². The highest BCUT2D eigenvalue weighted by Gasteiger charge is 2.11. The number of benzene rings is 1. The number of phenols is 1. The van der Waals surface area contributed by atoms with Crippen molar-refractivity contribution in [2.75, 3.05) is 14.1 Å². The van der Waals surface area contributed by atoms with Gasteiger partial charge in [-0.05, 0) is 46.4 Å². The van der Waals surface area contributed by atoms with Gasteiger partial charge >= 0.3 is 0 Å². The van der Waals surface area contributed by atoms with E-state index in [-0.39, 0.29) is 17.2 Å². The number of phenolic OH excluding ortho intramolecular Hbond substituents is 1. The van der Waals surface area contributed by atoms with E-state index in [1.54, 1.807) is 26.2 Å². The molecule has 0 aliphatic rings. The first kappa shape index (κ1) is 13.5. The van der Waals surface area contributed by atoms with E-state index in [4.69, 9.17) is 5.26 Å². The first-order valence-corrected chi connectivity index (χ1v) is 5.85. The molecule has 17 heavy (non-hydrogen) atoms. The number of hydrogen-bond donors (Lipinski definition) is 1. The van der Waals surface area contributed by atoms with Crippen molar-refractivity contribution in [3.63, 3.8) is 0 Å². The van der Waals surface area contributed by atoms with Gasteiger partial charge in [-0.3, -0.25) is 4.79 Å². The van der Waals surface area contributed by atoms with Gasteiger partial charge in [-0.15, -0.1) is 0 Å². The maximum absolute atomic E-state index is 11.6. The molecule has 0 unspecified atom stereocenters. The first-order valence-electron chi connectivity index (χ1n) is 4.77. The molecule has 1 rings (SSSR count). The van der Waals surface area contributed by atoms with E-state index in [2.05, 4.69) is 0 Å². The molecule has 1 aromatic carbocycles. The zero-order chi connectivity index (χ0) is 13.0. The molecular weight excluding hydrogens is 331 g/mol. The van der Waals surface area contributed by atoms with Crippen LogP contribution in [0.5, 0.6) is 5.75 Å². The van der Waals surface area contributed by atoms with Crippen LogP contribution in [0.3, 0.4) is 0 Å². The highest BCUT2D eigenvalue weighted by molar-refractivity contribution is 14.1. The van der Waals surface area contributed by atoms with Crippen LogP contribution in [0.15, 0.2) is 23.8 Å². The average Bonchev–Trinajstić information content (AvgIpc) is 2.29. The van der Waals surface area contributed by atoms with Crippen LogP contribution < -0.4 is 0 Å². The second kappa shape index (κ2) is 5.68. The smallest absolute Gasteiger partial charge is 0.264 e. The molecule has 5 heteroatoms. The molecule has 0 atom stereocenters. The second-order valence-electron chi connectivity index (χ2n) is 3.58. The molecule has 0 radical (unpaired) electrons. The third kappa shape index (κ3) is 3.46. The molecule has 0 saturated heterocycles. The van der Waals surface area contributed by atoms with Crippen LogP contribution in [0.2, 0.25) is 0 Å². The summed E-state index contributed by atoms with van der Waals surface area (Å²) in [5.74, 6) is -0.157. The summed E-state index contributed by atoms with van der Waals surface area (Å²) in [5.41, 5.74) is 0.774. The highest BCUT2D eigenvalue weighted by Crippen LogP contribution is 2.21. The maximum atomic E-state index is 11.6. The number of aromatic hydroxyl groups is 1. The molecule has 0 fully saturated rings. The van der Waals surface area contributed by atoms with E-state index in [0.717, 1.165) is 0 Å². The lowest BCUT2D eigenvalue weighted by molar-refractivity contribution is -0.124. The van der Waals surface area contributed by atoms with E-state index in [1.807, 2.05) is 28.7 Å². The Morgan fingerprint density at radius 3 is 2.65 bits per heavy atom. The fourth-order valence-electron chi connectivity index (χ4n) is 1.16. The van der Waals surface area contributed by atoms with Gasteiger partial charge in [0, 0.05) is 14.1 Å². The van der Waals surface area contributed by atoms with Crippen molar-refractivity contribution in [1.82, 2.24) is 4.90 Å². The van der Waals surface area contributed by atoms with E-state index >= 15 is 0 Å². The molecule has 4 nitrogen and oxygen atoms in total. The minimum atomic E-state index is -0.337. The monoisotopic (exact) mass is 342 g/mol. The van der Waals surface area contributed by atoms with Crippen LogP contribution in [0.25, 0.3) is 6.08 Å². The third-order valence-electron chi connectivity index (χ3n) is 2.04. The lowest BCUT2D eigenvalue weighted by atomic mass is 10.1. The summed E-state index contributed by atoms with van der Waals surface area (Å²) in [5, 5.41) is 18.3. The van der Waals surface area contributed by atoms with Crippen molar-refractivity contribution in [2.24, 2.45) is 0 Å². The Hall–Kier alpha value is -1.55. The molecule has 88 valence electrons. The number of nitriles is 1. The van der Waals surface area contributed by atoms with Crippen molar-refractivity contribution >= 4 is 34.6 Å². The van der Waals surface area contributed by atoms with Gasteiger partial charge < -0.3 is 10.0 Å². The van der Waals surface area contributed by atoms with Gasteiger partial charge in [0.15, 0.2) is 0 Å². The standard InChI is InChI=1S/C12H11IN2O2/c1-15(2)12(17)9(7-14)5-8-3-4-11(16)10(13)6-8/h3-6,16H,1-2H3. The number of carbonyl (C=O) groups excluding carboxylic acids is 1. The largest absolute Gasteiger partial charge is 0.507 e. The summed E-state index contributed by atoms with van der Waals surface area (Å²) in [6.07, 6.45) is 1.50. The van der Waals surface area contributed by atoms with Crippen molar-refractivity contribution < 1.29 is 9.90 Å². The van der Waals surface area contributed by atoms with Crippen LogP contribution in [0.4, 0.5) is 0 Å². The molecule has 1 aromatic rings. The van der Waals surface area contributed by atoms with E-state index in [1.165, 1.54) is 17.0 Å². The molecule has 0 aromatic heterocycles. The second-order valence-corrected chi connectivity index (χ2v) is 4.74. The Bertz CT molecular complexity index is 516. The predicted octanol–water partition coefficient (Wildman–Crippen LogP) is 1.99. The predicted molar refractivity (Wildman–Crippen MR) is 73.1 cm³/mol. The summed E-state index contributed by atoms with van der Waals surface area (Å²) in [4.78, 5) is 13.0. The van der Waals surface area contributed by atoms with Crippen molar-refractivity contribution in [3.05, 3.63) is 32.9 Å². The Morgan fingerprint density at radius 2 is 2.18 bits per heavy atom. The fourth-order valence-corrected chi connectivity index (χ4v) is 1.70. The highest BCUT2D eigenvalue weighted by atomic mass is 127. The molecule has 0 aliphatic heterocycles. The first-order chi connectivity index (χ1) is 7.95. The molecule has 0 spiro atoms. The molecule has 0 aliphatic carbocycles. The molecule has 1 amide bonds. The Labute approximate surface area is 113 Å². The van der Waals surface area contributed by atoms with Gasteiger partial charge in [0.1, 0.15) is 17.4 Å². The van der Waals surface area contributed by atoms with Gasteiger partial charge in [-0.2, -0.15) is 5.26 Å². The quantitative estimate of drug-likeness (QED) is 0.508. The van der Waals surface area contributed by atoms with E-state index < -0.39 is 0 Å². The van der Waals surface area contributed by atoms with Gasteiger partial charge in [-0.1, -0.05) is 6.07 Å². The topological polar surface area (TPSA) is 64.3 Å². The molecule has 0 heterocycles. The summed E-state index contributed by atoms with van der Waals surface area (Å²) < 4.78 is 0.672. The van der Waals surface area contributed by atoms with Crippen molar-refractivity contribution in [2.45, 2.75) is 0 Å². The number of rotatable bonds is 2. The molecule has 0 bridgehead atoms. The summed E-state index contributed by atoms with van der Waals surface area (Å²) in [6, 6.07) is 6.76. The van der Waals surface area contributed by atoms with Gasteiger partial charge in [-0.25, -0.2) is 0 Å². The zero-order valence-electron chi connectivity index (χ0n) is 9.44. The average molecular weight is 342 g/mol. The van der Waals surface area contributed by atoms with Crippen LogP contribution >= 0.6 is 22.6 Å². The summed E-state index contributed by atoms with van der Waals surface area (Å²) >= 11 is 1.98. The maximum Gasteiger partial charge on any atom is 0.264 e. The zero-order valence-corrected chi connectivity index (χ0v) is 11.6. The summed E-state index contributed by atoms with van der Waals surface area (Å²) in [6.45, 7) is 0. The number of amides is 1. The van der Waals surface area contributed by atoms with Crippen LogP contribution in [0.1, 0.15) is 5.56 Å². The Morgan fingerprint density at radius 1 is 1.53 bits per heavy atom. The molecule has 1 N–H and O–H groups in total.